The van der Waals surface area contributed by atoms with E-state index < -0.39 is 0 Å². The van der Waals surface area contributed by atoms with E-state index in [1.165, 1.54) is 5.56 Å². The van der Waals surface area contributed by atoms with Crippen LogP contribution in [0.2, 0.25) is 0 Å². The maximum Gasteiger partial charge on any atom is 0.227 e. The van der Waals surface area contributed by atoms with E-state index in [0.717, 1.165) is 67.5 Å². The first-order valence-electron chi connectivity index (χ1n) is 14.4. The van der Waals surface area contributed by atoms with Crippen LogP contribution in [0.15, 0.2) is 30.3 Å². The molecular formula is C33H43NO4. The second kappa shape index (κ2) is 12.3. The molecule has 0 aliphatic heterocycles. The zero-order valence-electron chi connectivity index (χ0n) is 23.7. The van der Waals surface area contributed by atoms with E-state index in [-0.39, 0.29) is 29.3 Å². The number of carbonyl (C=O) groups excluding carboxylic acids is 3. The summed E-state index contributed by atoms with van der Waals surface area (Å²) in [6.07, 6.45) is 7.50. The Kier molecular flexibility index (Phi) is 9.07. The summed E-state index contributed by atoms with van der Waals surface area (Å²) >= 11 is 0. The van der Waals surface area contributed by atoms with E-state index in [1.54, 1.807) is 7.11 Å². The van der Waals surface area contributed by atoms with Gasteiger partial charge in [0.1, 0.15) is 5.75 Å². The third kappa shape index (κ3) is 5.87. The number of aryl methyl sites for hydroxylation is 2. The highest BCUT2D eigenvalue weighted by Crippen LogP contribution is 2.38. The molecule has 1 N–H and O–H groups in total. The lowest BCUT2D eigenvalue weighted by Crippen LogP contribution is -2.28. The largest absolute Gasteiger partial charge is 0.496 e. The maximum atomic E-state index is 13.5. The number of Topliss-reactive ketones (excluding diaryl/α,β-unsaturated/α-hetero) is 2. The lowest BCUT2D eigenvalue weighted by molar-refractivity contribution is -0.121. The third-order valence-electron chi connectivity index (χ3n) is 9.00. The summed E-state index contributed by atoms with van der Waals surface area (Å²) in [5.74, 6) is 1.86. The first-order chi connectivity index (χ1) is 18.3. The van der Waals surface area contributed by atoms with Crippen LogP contribution in [0.3, 0.4) is 0 Å². The Hall–Kier alpha value is -2.95. The van der Waals surface area contributed by atoms with Crippen LogP contribution in [-0.2, 0) is 4.79 Å². The third-order valence-corrected chi connectivity index (χ3v) is 9.00. The standard InChI is InChI=1S/C33H43NO4/c1-6-23(7-2)27-16-15-26(19-29(27)38-5)34-33(37)24-12-10-22(11-13-24)18-25-14-17-28(35)30-20(3)8-9-21(4)31(30)32(25)36/h8-9,15-16,19,22-25H,6-7,10-14,17-18H2,1-5H3,(H,34,37). The molecule has 1 atom stereocenters. The minimum atomic E-state index is -0.114. The number of ketones is 2. The molecule has 0 aromatic heterocycles. The van der Waals surface area contributed by atoms with Gasteiger partial charge in [-0.3, -0.25) is 14.4 Å². The number of benzene rings is 2. The van der Waals surface area contributed by atoms with E-state index >= 15 is 0 Å². The topological polar surface area (TPSA) is 72.5 Å². The number of hydrogen-bond acceptors (Lipinski definition) is 4. The molecular weight excluding hydrogens is 474 g/mol. The quantitative estimate of drug-likeness (QED) is 0.362. The zero-order chi connectivity index (χ0) is 27.4. The molecule has 2 aromatic rings. The number of methoxy groups -OCH3 is 1. The van der Waals surface area contributed by atoms with Gasteiger partial charge in [-0.15, -0.1) is 0 Å². The highest BCUT2D eigenvalue weighted by Gasteiger charge is 2.35. The molecule has 1 saturated carbocycles. The van der Waals surface area contributed by atoms with Crippen molar-refractivity contribution in [2.75, 3.05) is 12.4 Å². The monoisotopic (exact) mass is 517 g/mol. The van der Waals surface area contributed by atoms with Gasteiger partial charge in [-0.25, -0.2) is 0 Å². The molecule has 38 heavy (non-hydrogen) atoms. The Morgan fingerprint density at radius 3 is 2.24 bits per heavy atom. The lowest BCUT2D eigenvalue weighted by atomic mass is 9.75. The Labute approximate surface area is 227 Å². The van der Waals surface area contributed by atoms with Gasteiger partial charge in [0.2, 0.25) is 5.91 Å². The van der Waals surface area contributed by atoms with Gasteiger partial charge in [-0.05, 0) is 99.8 Å². The van der Waals surface area contributed by atoms with Gasteiger partial charge in [-0.1, -0.05) is 32.0 Å². The highest BCUT2D eigenvalue weighted by molar-refractivity contribution is 6.12. The van der Waals surface area contributed by atoms with E-state index in [4.69, 9.17) is 4.74 Å². The van der Waals surface area contributed by atoms with Crippen LogP contribution in [0, 0.1) is 31.6 Å². The van der Waals surface area contributed by atoms with Gasteiger partial charge in [0.05, 0.1) is 7.11 Å². The zero-order valence-corrected chi connectivity index (χ0v) is 23.7. The van der Waals surface area contributed by atoms with Crippen molar-refractivity contribution in [3.05, 3.63) is 58.1 Å². The van der Waals surface area contributed by atoms with Crippen molar-refractivity contribution in [1.29, 1.82) is 0 Å². The van der Waals surface area contributed by atoms with Gasteiger partial charge in [-0.2, -0.15) is 0 Å². The van der Waals surface area contributed by atoms with Crippen molar-refractivity contribution in [2.45, 2.75) is 91.4 Å². The van der Waals surface area contributed by atoms with Crippen molar-refractivity contribution >= 4 is 23.2 Å². The highest BCUT2D eigenvalue weighted by atomic mass is 16.5. The minimum absolute atomic E-state index is 0.0204. The van der Waals surface area contributed by atoms with Crippen LogP contribution in [-0.4, -0.2) is 24.6 Å². The van der Waals surface area contributed by atoms with Crippen LogP contribution in [0.4, 0.5) is 5.69 Å². The lowest BCUT2D eigenvalue weighted by Gasteiger charge is -2.30. The first-order valence-corrected chi connectivity index (χ1v) is 14.4. The predicted molar refractivity (Wildman–Crippen MR) is 152 cm³/mol. The van der Waals surface area contributed by atoms with Crippen LogP contribution < -0.4 is 10.1 Å². The summed E-state index contributed by atoms with van der Waals surface area (Å²) < 4.78 is 5.64. The molecule has 1 fully saturated rings. The van der Waals surface area contributed by atoms with Gasteiger partial charge in [0, 0.05) is 41.1 Å². The van der Waals surface area contributed by atoms with Gasteiger partial charge < -0.3 is 10.1 Å². The van der Waals surface area contributed by atoms with E-state index in [1.807, 2.05) is 38.1 Å². The van der Waals surface area contributed by atoms with E-state index in [2.05, 4.69) is 25.2 Å². The molecule has 1 amide bonds. The summed E-state index contributed by atoms with van der Waals surface area (Å²) in [6, 6.07) is 9.92. The van der Waals surface area contributed by atoms with Crippen LogP contribution >= 0.6 is 0 Å². The summed E-state index contributed by atoms with van der Waals surface area (Å²) in [5, 5.41) is 3.12. The molecule has 5 nitrogen and oxygen atoms in total. The number of carbonyl (C=O) groups is 3. The molecule has 0 saturated heterocycles. The minimum Gasteiger partial charge on any atom is -0.496 e. The molecule has 0 radical (unpaired) electrons. The first kappa shape index (κ1) is 28.1. The number of hydrogen-bond donors (Lipinski definition) is 1. The van der Waals surface area contributed by atoms with Crippen molar-refractivity contribution in [1.82, 2.24) is 0 Å². The summed E-state index contributed by atoms with van der Waals surface area (Å²) in [4.78, 5) is 39.5. The summed E-state index contributed by atoms with van der Waals surface area (Å²) in [5.41, 5.74) is 5.07. The number of fused-ring (bicyclic) bond motifs is 1. The Balaban J connectivity index is 1.36. The second-order valence-electron chi connectivity index (χ2n) is 11.4. The molecule has 1 unspecified atom stereocenters. The van der Waals surface area contributed by atoms with Gasteiger partial charge >= 0.3 is 0 Å². The smallest absolute Gasteiger partial charge is 0.227 e. The maximum absolute atomic E-state index is 13.5. The average Bonchev–Trinajstić information content (AvgIpc) is 3.04. The predicted octanol–water partition coefficient (Wildman–Crippen LogP) is 7.83. The number of amides is 1. The van der Waals surface area contributed by atoms with Crippen molar-refractivity contribution < 1.29 is 19.1 Å². The van der Waals surface area contributed by atoms with Crippen LogP contribution in [0.1, 0.15) is 115 Å². The van der Waals surface area contributed by atoms with E-state index in [9.17, 15) is 14.4 Å². The Bertz CT molecular complexity index is 1190. The SMILES string of the molecule is CCC(CC)c1ccc(NC(=O)C2CCC(CC3CCC(=O)c4c(C)ccc(C)c4C3=O)CC2)cc1OC. The number of nitrogens with one attached hydrogen (secondary N) is 1. The molecule has 0 spiro atoms. The Morgan fingerprint density at radius 1 is 0.947 bits per heavy atom. The summed E-state index contributed by atoms with van der Waals surface area (Å²) in [7, 11) is 1.68. The second-order valence-corrected chi connectivity index (χ2v) is 11.4. The van der Waals surface area contributed by atoms with Crippen LogP contribution in [0.25, 0.3) is 0 Å². The van der Waals surface area contributed by atoms with Gasteiger partial charge in [0.25, 0.3) is 0 Å². The molecule has 0 bridgehead atoms. The summed E-state index contributed by atoms with van der Waals surface area (Å²) in [6.45, 7) is 8.23. The fraction of sp³-hybridized carbons (Fsp3) is 0.545. The van der Waals surface area contributed by atoms with Crippen molar-refractivity contribution in [3.8, 4) is 5.75 Å². The van der Waals surface area contributed by atoms with Gasteiger partial charge in [0.15, 0.2) is 11.6 Å². The number of anilines is 1. The fourth-order valence-corrected chi connectivity index (χ4v) is 6.64. The van der Waals surface area contributed by atoms with Crippen molar-refractivity contribution in [3.63, 3.8) is 0 Å². The molecule has 2 aliphatic carbocycles. The van der Waals surface area contributed by atoms with Crippen LogP contribution in [0.5, 0.6) is 5.75 Å². The Morgan fingerprint density at radius 2 is 1.61 bits per heavy atom. The fourth-order valence-electron chi connectivity index (χ4n) is 6.64. The average molecular weight is 518 g/mol. The van der Waals surface area contributed by atoms with Crippen molar-refractivity contribution in [2.24, 2.45) is 17.8 Å². The molecule has 2 aliphatic rings. The molecule has 4 rings (SSSR count). The number of ether oxygens (including phenoxy) is 1. The molecule has 2 aromatic carbocycles. The number of rotatable bonds is 8. The molecule has 0 heterocycles. The normalized spacial score (nSPS) is 21.7. The molecule has 5 heteroatoms. The van der Waals surface area contributed by atoms with E-state index in [0.29, 0.717) is 35.8 Å². The molecule has 204 valence electrons.